The molecule has 2 aliphatic rings. The zero-order chi connectivity index (χ0) is 21.6. The van der Waals surface area contributed by atoms with Gasteiger partial charge in [0, 0.05) is 63.8 Å². The van der Waals surface area contributed by atoms with Gasteiger partial charge in [0.15, 0.2) is 0 Å². The van der Waals surface area contributed by atoms with Gasteiger partial charge < -0.3 is 14.7 Å². The molecule has 4 rings (SSSR count). The highest BCUT2D eigenvalue weighted by atomic mass is 16.2. The van der Waals surface area contributed by atoms with Crippen LogP contribution in [-0.4, -0.2) is 70.9 Å². The van der Waals surface area contributed by atoms with Crippen LogP contribution in [0.15, 0.2) is 42.7 Å². The summed E-state index contributed by atoms with van der Waals surface area (Å²) in [7, 11) is 0. The summed E-state index contributed by atoms with van der Waals surface area (Å²) in [5.74, 6) is 1.65. The first kappa shape index (κ1) is 21.3. The number of rotatable bonds is 5. The van der Waals surface area contributed by atoms with Crippen LogP contribution in [0.1, 0.15) is 41.7 Å². The second-order valence-corrected chi connectivity index (χ2v) is 8.49. The molecule has 164 valence electrons. The van der Waals surface area contributed by atoms with E-state index in [2.05, 4.69) is 14.9 Å². The van der Waals surface area contributed by atoms with Gasteiger partial charge in [0.05, 0.1) is 5.56 Å². The van der Waals surface area contributed by atoms with Gasteiger partial charge in [-0.2, -0.15) is 0 Å². The molecule has 7 heteroatoms. The van der Waals surface area contributed by atoms with E-state index in [1.807, 2.05) is 47.1 Å². The Morgan fingerprint density at radius 1 is 0.968 bits per heavy atom. The molecule has 0 unspecified atom stereocenters. The quantitative estimate of drug-likeness (QED) is 0.743. The second-order valence-electron chi connectivity index (χ2n) is 8.49. The van der Waals surface area contributed by atoms with Crippen LogP contribution in [0.2, 0.25) is 0 Å². The molecule has 7 nitrogen and oxygen atoms in total. The summed E-state index contributed by atoms with van der Waals surface area (Å²) in [5, 5.41) is 0. The Hall–Kier alpha value is -2.96. The van der Waals surface area contributed by atoms with E-state index >= 15 is 0 Å². The first-order chi connectivity index (χ1) is 15.1. The molecule has 2 saturated heterocycles. The number of piperidine rings is 1. The molecule has 0 aromatic carbocycles. The minimum atomic E-state index is 0.0623. The van der Waals surface area contributed by atoms with Crippen LogP contribution >= 0.6 is 0 Å². The lowest BCUT2D eigenvalue weighted by Gasteiger charge is -2.36. The average Bonchev–Trinajstić information content (AvgIpc) is 2.83. The Morgan fingerprint density at radius 2 is 1.77 bits per heavy atom. The minimum absolute atomic E-state index is 0.0623. The van der Waals surface area contributed by atoms with E-state index in [1.165, 1.54) is 0 Å². The summed E-state index contributed by atoms with van der Waals surface area (Å²) in [6.07, 6.45) is 6.99. The third-order valence-electron chi connectivity index (χ3n) is 6.42. The number of aryl methyl sites for hydroxylation is 1. The normalized spacial score (nSPS) is 19.4. The molecule has 0 aliphatic carbocycles. The Kier molecular flexibility index (Phi) is 6.79. The summed E-state index contributed by atoms with van der Waals surface area (Å²) in [6.45, 7) is 6.51. The molecule has 2 amide bonds. The highest BCUT2D eigenvalue weighted by Gasteiger charge is 2.27. The number of hydrogen-bond acceptors (Lipinski definition) is 5. The monoisotopic (exact) mass is 421 g/mol. The van der Waals surface area contributed by atoms with E-state index in [4.69, 9.17) is 0 Å². The molecule has 31 heavy (non-hydrogen) atoms. The molecule has 2 fully saturated rings. The number of carbonyl (C=O) groups excluding carboxylic acids is 2. The summed E-state index contributed by atoms with van der Waals surface area (Å²) in [4.78, 5) is 40.5. The smallest absolute Gasteiger partial charge is 0.255 e. The number of anilines is 1. The van der Waals surface area contributed by atoms with Gasteiger partial charge in [0.1, 0.15) is 5.82 Å². The fourth-order valence-corrected chi connectivity index (χ4v) is 4.58. The highest BCUT2D eigenvalue weighted by molar-refractivity contribution is 5.95. The van der Waals surface area contributed by atoms with Crippen molar-refractivity contribution in [1.82, 2.24) is 19.8 Å². The third-order valence-corrected chi connectivity index (χ3v) is 6.42. The minimum Gasteiger partial charge on any atom is -0.353 e. The maximum absolute atomic E-state index is 12.9. The largest absolute Gasteiger partial charge is 0.353 e. The van der Waals surface area contributed by atoms with Crippen LogP contribution in [-0.2, 0) is 4.79 Å². The average molecular weight is 422 g/mol. The molecular weight excluding hydrogens is 390 g/mol. The predicted molar refractivity (Wildman–Crippen MR) is 120 cm³/mol. The molecule has 0 bridgehead atoms. The van der Waals surface area contributed by atoms with E-state index in [1.54, 1.807) is 12.4 Å². The SMILES string of the molecule is Cc1ncccc1C(=O)N1CCC[C@H](CCC(=O)N2CCN(c3ccccn3)CC2)C1. The summed E-state index contributed by atoms with van der Waals surface area (Å²) >= 11 is 0. The first-order valence-corrected chi connectivity index (χ1v) is 11.3. The molecule has 0 radical (unpaired) electrons. The Labute approximate surface area is 184 Å². The van der Waals surface area contributed by atoms with Crippen molar-refractivity contribution in [1.29, 1.82) is 0 Å². The Bertz CT molecular complexity index is 896. The van der Waals surface area contributed by atoms with Crippen molar-refractivity contribution in [2.45, 2.75) is 32.6 Å². The topological polar surface area (TPSA) is 69.6 Å². The number of carbonyl (C=O) groups is 2. The molecule has 1 atom stereocenters. The van der Waals surface area contributed by atoms with Crippen molar-refractivity contribution in [2.24, 2.45) is 5.92 Å². The maximum atomic E-state index is 12.9. The van der Waals surface area contributed by atoms with E-state index in [-0.39, 0.29) is 11.8 Å². The van der Waals surface area contributed by atoms with Gasteiger partial charge in [0.25, 0.3) is 5.91 Å². The lowest BCUT2D eigenvalue weighted by Crippen LogP contribution is -2.49. The number of amides is 2. The highest BCUT2D eigenvalue weighted by Crippen LogP contribution is 2.24. The molecule has 2 aromatic rings. The van der Waals surface area contributed by atoms with E-state index < -0.39 is 0 Å². The Morgan fingerprint density at radius 3 is 2.52 bits per heavy atom. The molecule has 2 aliphatic heterocycles. The third kappa shape index (κ3) is 5.21. The van der Waals surface area contributed by atoms with E-state index in [0.717, 1.165) is 70.0 Å². The standard InChI is InChI=1S/C24H31N5O2/c1-19-21(7-4-12-25-19)24(31)29-13-5-6-20(18-29)9-10-23(30)28-16-14-27(15-17-28)22-8-2-3-11-26-22/h2-4,7-8,11-12,20H,5-6,9-10,13-18H2,1H3/t20-/m1/s1. The Balaban J connectivity index is 1.24. The summed E-state index contributed by atoms with van der Waals surface area (Å²) < 4.78 is 0. The van der Waals surface area contributed by atoms with Gasteiger partial charge in [0.2, 0.25) is 5.91 Å². The van der Waals surface area contributed by atoms with Crippen LogP contribution in [0, 0.1) is 12.8 Å². The van der Waals surface area contributed by atoms with Gasteiger partial charge in [-0.25, -0.2) is 4.98 Å². The maximum Gasteiger partial charge on any atom is 0.255 e. The number of likely N-dealkylation sites (tertiary alicyclic amines) is 1. The van der Waals surface area contributed by atoms with Crippen molar-refractivity contribution >= 4 is 17.6 Å². The van der Waals surface area contributed by atoms with E-state index in [0.29, 0.717) is 17.9 Å². The molecule has 0 spiro atoms. The van der Waals surface area contributed by atoms with Crippen molar-refractivity contribution < 1.29 is 9.59 Å². The van der Waals surface area contributed by atoms with Gasteiger partial charge in [-0.3, -0.25) is 14.6 Å². The van der Waals surface area contributed by atoms with Gasteiger partial charge in [-0.05, 0) is 56.4 Å². The van der Waals surface area contributed by atoms with Crippen LogP contribution in [0.3, 0.4) is 0 Å². The van der Waals surface area contributed by atoms with Crippen molar-refractivity contribution in [3.8, 4) is 0 Å². The van der Waals surface area contributed by atoms with Gasteiger partial charge in [-0.1, -0.05) is 6.07 Å². The van der Waals surface area contributed by atoms with Gasteiger partial charge >= 0.3 is 0 Å². The van der Waals surface area contributed by atoms with Crippen LogP contribution in [0.25, 0.3) is 0 Å². The van der Waals surface area contributed by atoms with Crippen molar-refractivity contribution in [2.75, 3.05) is 44.2 Å². The summed E-state index contributed by atoms with van der Waals surface area (Å²) in [5.41, 5.74) is 1.46. The van der Waals surface area contributed by atoms with Crippen molar-refractivity contribution in [3.05, 3.63) is 54.0 Å². The van der Waals surface area contributed by atoms with Gasteiger partial charge in [-0.15, -0.1) is 0 Å². The number of piperazine rings is 1. The molecule has 0 saturated carbocycles. The fraction of sp³-hybridized carbons (Fsp3) is 0.500. The van der Waals surface area contributed by atoms with Crippen LogP contribution < -0.4 is 4.90 Å². The van der Waals surface area contributed by atoms with Crippen LogP contribution in [0.4, 0.5) is 5.82 Å². The molecule has 2 aromatic heterocycles. The lowest BCUT2D eigenvalue weighted by molar-refractivity contribution is -0.131. The second kappa shape index (κ2) is 9.90. The molecule has 4 heterocycles. The number of pyridine rings is 2. The van der Waals surface area contributed by atoms with Crippen molar-refractivity contribution in [3.63, 3.8) is 0 Å². The predicted octanol–water partition coefficient (Wildman–Crippen LogP) is 2.77. The fourth-order valence-electron chi connectivity index (χ4n) is 4.58. The molecule has 0 N–H and O–H groups in total. The number of aromatic nitrogens is 2. The zero-order valence-electron chi connectivity index (χ0n) is 18.2. The zero-order valence-corrected chi connectivity index (χ0v) is 18.2. The first-order valence-electron chi connectivity index (χ1n) is 11.3. The number of nitrogens with zero attached hydrogens (tertiary/aromatic N) is 5. The lowest BCUT2D eigenvalue weighted by atomic mass is 9.92. The van der Waals surface area contributed by atoms with E-state index in [9.17, 15) is 9.59 Å². The summed E-state index contributed by atoms with van der Waals surface area (Å²) in [6, 6.07) is 9.59. The van der Waals surface area contributed by atoms with Crippen LogP contribution in [0.5, 0.6) is 0 Å². The number of hydrogen-bond donors (Lipinski definition) is 0. The molecular formula is C24H31N5O2.